The average Bonchev–Trinajstić information content (AvgIpc) is 3.05. The largest absolute Gasteiger partial charge is 0.332 e. The second kappa shape index (κ2) is 8.13. The summed E-state index contributed by atoms with van der Waals surface area (Å²) in [6, 6.07) is 5.98. The number of halogens is 1. The molecule has 7 heteroatoms. The third kappa shape index (κ3) is 3.80. The van der Waals surface area contributed by atoms with Crippen LogP contribution >= 0.6 is 0 Å². The molecule has 6 nitrogen and oxygen atoms in total. The zero-order chi connectivity index (χ0) is 21.4. The fourth-order valence-corrected chi connectivity index (χ4v) is 4.28. The normalized spacial score (nSPS) is 18.8. The Hall–Kier alpha value is -2.83. The lowest BCUT2D eigenvalue weighted by molar-refractivity contribution is -0.138. The third-order valence-electron chi connectivity index (χ3n) is 5.93. The second-order valence-electron chi connectivity index (χ2n) is 8.45. The van der Waals surface area contributed by atoms with Gasteiger partial charge >= 0.3 is 0 Å². The van der Waals surface area contributed by atoms with Crippen LogP contribution in [0.2, 0.25) is 0 Å². The first kappa shape index (κ1) is 20.4. The molecular weight excluding hydrogens is 383 g/mol. The minimum atomic E-state index is -0.306. The van der Waals surface area contributed by atoms with Gasteiger partial charge < -0.3 is 4.90 Å². The highest BCUT2D eigenvalue weighted by Crippen LogP contribution is 2.35. The first-order valence-corrected chi connectivity index (χ1v) is 10.6. The van der Waals surface area contributed by atoms with Crippen LogP contribution in [0, 0.1) is 18.7 Å². The summed E-state index contributed by atoms with van der Waals surface area (Å²) in [5, 5.41) is 0. The van der Waals surface area contributed by atoms with Gasteiger partial charge in [-0.15, -0.1) is 0 Å². The van der Waals surface area contributed by atoms with Crippen molar-refractivity contribution in [2.45, 2.75) is 59.0 Å². The minimum Gasteiger partial charge on any atom is -0.332 e. The Morgan fingerprint density at radius 3 is 2.63 bits per heavy atom. The Labute approximate surface area is 176 Å². The standard InChI is InChI=1S/C23H27FN4O2/c1-14(2)23(30)27-11-5-4-6-19(27)21-25-15(3)18-12-20(29)28(22(18)26-21)13-16-7-9-17(24)10-8-16/h7-10,14,19H,4-6,11-13H2,1-3H3/t19-/m1/s1. The van der Waals surface area contributed by atoms with E-state index >= 15 is 0 Å². The molecule has 4 rings (SSSR count). The van der Waals surface area contributed by atoms with Crippen LogP contribution in [0.25, 0.3) is 0 Å². The molecule has 0 radical (unpaired) electrons. The molecule has 0 saturated carbocycles. The summed E-state index contributed by atoms with van der Waals surface area (Å²) in [5.41, 5.74) is 2.46. The Balaban J connectivity index is 1.68. The number of hydrogen-bond acceptors (Lipinski definition) is 4. The van der Waals surface area contributed by atoms with Gasteiger partial charge in [0.05, 0.1) is 19.0 Å². The van der Waals surface area contributed by atoms with Crippen LogP contribution in [-0.4, -0.2) is 33.2 Å². The molecule has 0 unspecified atom stereocenters. The molecule has 0 bridgehead atoms. The maximum absolute atomic E-state index is 13.3. The molecule has 2 amide bonds. The summed E-state index contributed by atoms with van der Waals surface area (Å²) in [4.78, 5) is 38.6. The van der Waals surface area contributed by atoms with Crippen LogP contribution in [0.3, 0.4) is 0 Å². The van der Waals surface area contributed by atoms with Crippen LogP contribution in [0.5, 0.6) is 0 Å². The number of fused-ring (bicyclic) bond motifs is 1. The Kier molecular flexibility index (Phi) is 5.54. The van der Waals surface area contributed by atoms with Crippen molar-refractivity contribution in [3.05, 3.63) is 52.7 Å². The van der Waals surface area contributed by atoms with E-state index in [-0.39, 0.29) is 36.0 Å². The number of rotatable bonds is 4. The number of carbonyl (C=O) groups is 2. The average molecular weight is 410 g/mol. The van der Waals surface area contributed by atoms with E-state index in [1.165, 1.54) is 12.1 Å². The van der Waals surface area contributed by atoms with E-state index in [1.54, 1.807) is 17.0 Å². The summed E-state index contributed by atoms with van der Waals surface area (Å²) in [7, 11) is 0. The van der Waals surface area contributed by atoms with Gasteiger partial charge in [-0.3, -0.25) is 14.5 Å². The van der Waals surface area contributed by atoms with Gasteiger partial charge in [0.25, 0.3) is 0 Å². The number of benzene rings is 1. The molecule has 0 spiro atoms. The molecular formula is C23H27FN4O2. The molecule has 2 aliphatic rings. The summed E-state index contributed by atoms with van der Waals surface area (Å²) in [6.07, 6.45) is 3.09. The van der Waals surface area contributed by atoms with E-state index in [1.807, 2.05) is 25.7 Å². The molecule has 0 aliphatic carbocycles. The molecule has 1 aromatic heterocycles. The zero-order valence-corrected chi connectivity index (χ0v) is 17.7. The lowest BCUT2D eigenvalue weighted by Crippen LogP contribution is -2.41. The fraction of sp³-hybridized carbons (Fsp3) is 0.478. The number of likely N-dealkylation sites (tertiary alicyclic amines) is 1. The number of hydrogen-bond donors (Lipinski definition) is 0. The molecule has 1 aromatic carbocycles. The predicted octanol–water partition coefficient (Wildman–Crippen LogP) is 3.72. The first-order valence-electron chi connectivity index (χ1n) is 10.6. The maximum atomic E-state index is 13.3. The van der Waals surface area contributed by atoms with E-state index < -0.39 is 0 Å². The van der Waals surface area contributed by atoms with E-state index in [9.17, 15) is 14.0 Å². The minimum absolute atomic E-state index is 0.0392. The molecule has 3 heterocycles. The highest BCUT2D eigenvalue weighted by atomic mass is 19.1. The van der Waals surface area contributed by atoms with Crippen molar-refractivity contribution in [2.75, 3.05) is 11.4 Å². The molecule has 1 atom stereocenters. The van der Waals surface area contributed by atoms with Gasteiger partial charge in [0.2, 0.25) is 11.8 Å². The Morgan fingerprint density at radius 2 is 1.93 bits per heavy atom. The summed E-state index contributed by atoms with van der Waals surface area (Å²) in [6.45, 7) is 6.76. The van der Waals surface area contributed by atoms with Gasteiger partial charge in [0, 0.05) is 23.7 Å². The number of nitrogens with zero attached hydrogens (tertiary/aromatic N) is 4. The molecule has 2 aliphatic heterocycles. The van der Waals surface area contributed by atoms with Crippen LogP contribution in [0.1, 0.15) is 61.8 Å². The highest BCUT2D eigenvalue weighted by molar-refractivity contribution is 6.00. The summed E-state index contributed by atoms with van der Waals surface area (Å²) < 4.78 is 13.3. The lowest BCUT2D eigenvalue weighted by atomic mass is 9.99. The number of piperidine rings is 1. The topological polar surface area (TPSA) is 66.4 Å². The number of aryl methyl sites for hydroxylation is 1. The number of carbonyl (C=O) groups excluding carboxylic acids is 2. The van der Waals surface area contributed by atoms with Gasteiger partial charge in [0.1, 0.15) is 11.6 Å². The molecule has 158 valence electrons. The van der Waals surface area contributed by atoms with Gasteiger partial charge in [-0.2, -0.15) is 0 Å². The third-order valence-corrected chi connectivity index (χ3v) is 5.93. The zero-order valence-electron chi connectivity index (χ0n) is 17.7. The van der Waals surface area contributed by atoms with Gasteiger partial charge in [0.15, 0.2) is 5.82 Å². The second-order valence-corrected chi connectivity index (χ2v) is 8.45. The van der Waals surface area contributed by atoms with Gasteiger partial charge in [-0.1, -0.05) is 26.0 Å². The van der Waals surface area contributed by atoms with Crippen molar-refractivity contribution in [1.82, 2.24) is 14.9 Å². The number of amides is 2. The lowest BCUT2D eigenvalue weighted by Gasteiger charge is -2.36. The SMILES string of the molecule is Cc1nc([C@H]2CCCCN2C(=O)C(C)C)nc2c1CC(=O)N2Cc1ccc(F)cc1. The van der Waals surface area contributed by atoms with E-state index in [4.69, 9.17) is 9.97 Å². The summed E-state index contributed by atoms with van der Waals surface area (Å²) >= 11 is 0. The fourth-order valence-electron chi connectivity index (χ4n) is 4.28. The van der Waals surface area contributed by atoms with Crippen LogP contribution in [0.4, 0.5) is 10.2 Å². The number of aromatic nitrogens is 2. The molecule has 1 fully saturated rings. The Bertz CT molecular complexity index is 974. The van der Waals surface area contributed by atoms with Crippen molar-refractivity contribution in [3.63, 3.8) is 0 Å². The first-order chi connectivity index (χ1) is 14.3. The van der Waals surface area contributed by atoms with Crippen molar-refractivity contribution < 1.29 is 14.0 Å². The van der Waals surface area contributed by atoms with Crippen LogP contribution in [0.15, 0.2) is 24.3 Å². The Morgan fingerprint density at radius 1 is 1.20 bits per heavy atom. The monoisotopic (exact) mass is 410 g/mol. The van der Waals surface area contributed by atoms with Crippen LogP contribution < -0.4 is 4.90 Å². The van der Waals surface area contributed by atoms with E-state index in [2.05, 4.69) is 0 Å². The van der Waals surface area contributed by atoms with Gasteiger partial charge in [-0.05, 0) is 43.9 Å². The van der Waals surface area contributed by atoms with Gasteiger partial charge in [-0.25, -0.2) is 14.4 Å². The quantitative estimate of drug-likeness (QED) is 0.771. The number of anilines is 1. The van der Waals surface area contributed by atoms with Crippen molar-refractivity contribution in [2.24, 2.45) is 5.92 Å². The van der Waals surface area contributed by atoms with E-state index in [0.717, 1.165) is 36.1 Å². The van der Waals surface area contributed by atoms with Crippen LogP contribution in [-0.2, 0) is 22.6 Å². The summed E-state index contributed by atoms with van der Waals surface area (Å²) in [5.74, 6) is 0.911. The molecule has 1 saturated heterocycles. The molecule has 2 aromatic rings. The van der Waals surface area contributed by atoms with Crippen molar-refractivity contribution >= 4 is 17.6 Å². The predicted molar refractivity (Wildman–Crippen MR) is 111 cm³/mol. The maximum Gasteiger partial charge on any atom is 0.233 e. The highest BCUT2D eigenvalue weighted by Gasteiger charge is 2.35. The molecule has 0 N–H and O–H groups in total. The van der Waals surface area contributed by atoms with E-state index in [0.29, 0.717) is 24.7 Å². The van der Waals surface area contributed by atoms with Crippen molar-refractivity contribution in [3.8, 4) is 0 Å². The molecule has 30 heavy (non-hydrogen) atoms. The smallest absolute Gasteiger partial charge is 0.233 e. The van der Waals surface area contributed by atoms with Crippen molar-refractivity contribution in [1.29, 1.82) is 0 Å².